The van der Waals surface area contributed by atoms with Gasteiger partial charge in [0.05, 0.1) is 22.8 Å². The number of rotatable bonds is 6. The van der Waals surface area contributed by atoms with Crippen molar-refractivity contribution in [3.05, 3.63) is 0 Å². The van der Waals surface area contributed by atoms with Gasteiger partial charge in [-0.2, -0.15) is 0 Å². The smallest absolute Gasteiger partial charge is 0.233 e. The highest BCUT2D eigenvalue weighted by Crippen LogP contribution is 2.23. The molecule has 1 atom stereocenters. The third-order valence-corrected chi connectivity index (χ3v) is 6.49. The fourth-order valence-corrected chi connectivity index (χ4v) is 5.35. The molecular weight excluding hydrogens is 350 g/mol. The van der Waals surface area contributed by atoms with Crippen LogP contribution in [-0.4, -0.2) is 69.3 Å². The van der Waals surface area contributed by atoms with Crippen LogP contribution in [-0.2, 0) is 20.2 Å². The van der Waals surface area contributed by atoms with Gasteiger partial charge in [-0.05, 0) is 44.0 Å². The van der Waals surface area contributed by atoms with Crippen LogP contribution < -0.4 is 0 Å². The molecule has 0 unspecified atom stereocenters. The number of sulfone groups is 1. The number of amides is 1. The van der Waals surface area contributed by atoms with E-state index < -0.39 is 9.84 Å². The topological polar surface area (TPSA) is 98.1 Å². The van der Waals surface area contributed by atoms with Crippen LogP contribution >= 0.6 is 11.8 Å². The summed E-state index contributed by atoms with van der Waals surface area (Å²) >= 11 is 1.29. The second-order valence-corrected chi connectivity index (χ2v) is 10.1. The molecule has 0 saturated carbocycles. The normalized spacial score (nSPS) is 20.2. The maximum atomic E-state index is 12.6. The van der Waals surface area contributed by atoms with Gasteiger partial charge in [0.25, 0.3) is 0 Å². The molecule has 24 heavy (non-hydrogen) atoms. The summed E-state index contributed by atoms with van der Waals surface area (Å²) in [6.45, 7) is 8.52. The van der Waals surface area contributed by atoms with E-state index in [1.165, 1.54) is 11.8 Å². The number of hydrogen-bond acceptors (Lipinski definition) is 7. The summed E-state index contributed by atoms with van der Waals surface area (Å²) in [4.78, 5) is 14.3. The predicted molar refractivity (Wildman–Crippen MR) is 92.6 cm³/mol. The lowest BCUT2D eigenvalue weighted by Gasteiger charge is -2.28. The van der Waals surface area contributed by atoms with Gasteiger partial charge in [-0.3, -0.25) is 4.79 Å². The Bertz CT molecular complexity index is 681. The van der Waals surface area contributed by atoms with E-state index in [2.05, 4.69) is 15.5 Å². The number of carbonyl (C=O) groups is 1. The van der Waals surface area contributed by atoms with Crippen LogP contribution in [0.3, 0.4) is 0 Å². The first-order valence-corrected chi connectivity index (χ1v) is 10.9. The van der Waals surface area contributed by atoms with Crippen LogP contribution in [0.1, 0.15) is 40.5 Å². The Labute approximate surface area is 147 Å². The molecular formula is C14H25N5O3S2. The molecule has 0 aliphatic carbocycles. The highest BCUT2D eigenvalue weighted by Gasteiger charge is 2.34. The largest absolute Gasteiger partial charge is 0.338 e. The van der Waals surface area contributed by atoms with Crippen molar-refractivity contribution in [2.24, 2.45) is 0 Å². The Morgan fingerprint density at radius 3 is 2.67 bits per heavy atom. The molecule has 0 spiro atoms. The number of thioether (sulfide) groups is 1. The van der Waals surface area contributed by atoms with Gasteiger partial charge in [0.15, 0.2) is 9.84 Å². The molecule has 1 saturated heterocycles. The van der Waals surface area contributed by atoms with Gasteiger partial charge in [-0.1, -0.05) is 18.7 Å². The fourth-order valence-electron chi connectivity index (χ4n) is 2.67. The quantitative estimate of drug-likeness (QED) is 0.683. The number of nitrogens with zero attached hydrogens (tertiary/aromatic N) is 5. The summed E-state index contributed by atoms with van der Waals surface area (Å²) in [7, 11) is -3.01. The van der Waals surface area contributed by atoms with Gasteiger partial charge in [0, 0.05) is 12.6 Å². The molecule has 1 aliphatic heterocycles. The molecule has 1 aromatic heterocycles. The van der Waals surface area contributed by atoms with Crippen LogP contribution in [0.5, 0.6) is 0 Å². The number of carbonyl (C=O) groups excluding carboxylic acids is 1. The molecule has 0 N–H and O–H groups in total. The highest BCUT2D eigenvalue weighted by atomic mass is 32.2. The Morgan fingerprint density at radius 1 is 1.42 bits per heavy atom. The molecule has 0 radical (unpaired) electrons. The summed E-state index contributed by atoms with van der Waals surface area (Å²) in [6.07, 6.45) is 1.32. The van der Waals surface area contributed by atoms with Crippen LogP contribution in [0, 0.1) is 0 Å². The van der Waals surface area contributed by atoms with Crippen molar-refractivity contribution >= 4 is 27.5 Å². The first kappa shape index (κ1) is 19.2. The van der Waals surface area contributed by atoms with Gasteiger partial charge >= 0.3 is 0 Å². The van der Waals surface area contributed by atoms with E-state index in [0.717, 1.165) is 6.42 Å². The van der Waals surface area contributed by atoms with Gasteiger partial charge in [0.2, 0.25) is 11.1 Å². The first-order valence-electron chi connectivity index (χ1n) is 8.05. The molecule has 8 nitrogen and oxygen atoms in total. The third kappa shape index (κ3) is 4.69. The average molecular weight is 376 g/mol. The van der Waals surface area contributed by atoms with Gasteiger partial charge < -0.3 is 4.90 Å². The predicted octanol–water partition coefficient (Wildman–Crippen LogP) is 0.946. The molecule has 1 amide bonds. The maximum absolute atomic E-state index is 12.6. The minimum atomic E-state index is -3.01. The van der Waals surface area contributed by atoms with Crippen LogP contribution in [0.15, 0.2) is 5.16 Å². The van der Waals surface area contributed by atoms with E-state index in [1.807, 2.05) is 27.7 Å². The summed E-state index contributed by atoms with van der Waals surface area (Å²) in [5.74, 6) is 0.379. The molecule has 0 aromatic carbocycles. The maximum Gasteiger partial charge on any atom is 0.233 e. The molecule has 136 valence electrons. The van der Waals surface area contributed by atoms with Gasteiger partial charge in [-0.25, -0.2) is 13.1 Å². The van der Waals surface area contributed by atoms with Crippen molar-refractivity contribution in [2.75, 3.05) is 23.8 Å². The molecule has 1 fully saturated rings. The highest BCUT2D eigenvalue weighted by molar-refractivity contribution is 7.99. The Hall–Kier alpha value is -1.16. The van der Waals surface area contributed by atoms with Crippen molar-refractivity contribution in [3.8, 4) is 0 Å². The fraction of sp³-hybridized carbons (Fsp3) is 0.857. The van der Waals surface area contributed by atoms with Gasteiger partial charge in [-0.15, -0.1) is 5.10 Å². The molecule has 2 heterocycles. The third-order valence-electron chi connectivity index (χ3n) is 3.84. The number of aromatic nitrogens is 4. The van der Waals surface area contributed by atoms with Crippen molar-refractivity contribution in [1.82, 2.24) is 25.1 Å². The summed E-state index contributed by atoms with van der Waals surface area (Å²) in [5.41, 5.74) is -0.266. The van der Waals surface area contributed by atoms with Gasteiger partial charge in [0.1, 0.15) is 0 Å². The van der Waals surface area contributed by atoms with Crippen molar-refractivity contribution in [1.29, 1.82) is 0 Å². The van der Waals surface area contributed by atoms with E-state index >= 15 is 0 Å². The molecule has 10 heteroatoms. The van der Waals surface area contributed by atoms with Crippen LogP contribution in [0.4, 0.5) is 0 Å². The van der Waals surface area contributed by atoms with E-state index in [9.17, 15) is 13.2 Å². The first-order chi connectivity index (χ1) is 11.1. The summed E-state index contributed by atoms with van der Waals surface area (Å²) in [6, 6.07) is -0.207. The number of tetrazole rings is 1. The molecule has 1 aromatic rings. The monoisotopic (exact) mass is 375 g/mol. The minimum absolute atomic E-state index is 0.0626. The zero-order valence-electron chi connectivity index (χ0n) is 14.6. The zero-order valence-corrected chi connectivity index (χ0v) is 16.2. The van der Waals surface area contributed by atoms with E-state index in [1.54, 1.807) is 9.58 Å². The minimum Gasteiger partial charge on any atom is -0.338 e. The van der Waals surface area contributed by atoms with Crippen molar-refractivity contribution in [2.45, 2.75) is 57.3 Å². The molecule has 0 bridgehead atoms. The van der Waals surface area contributed by atoms with Crippen molar-refractivity contribution in [3.63, 3.8) is 0 Å². The lowest BCUT2D eigenvalue weighted by Crippen LogP contribution is -2.42. The lowest BCUT2D eigenvalue weighted by molar-refractivity contribution is -0.130. The zero-order chi connectivity index (χ0) is 18.0. The Morgan fingerprint density at radius 2 is 2.12 bits per heavy atom. The second-order valence-electron chi connectivity index (χ2n) is 6.98. The molecule has 2 rings (SSSR count). The lowest BCUT2D eigenvalue weighted by atomic mass is 10.1. The standard InChI is InChI=1S/C14H25N5O3S2/c1-5-7-18(11-6-8-24(21,22)10-11)12(20)9-23-13-15-16-17-19(13)14(2,3)4/h11H,5-10H2,1-4H3/t11-/m0/s1. The van der Waals surface area contributed by atoms with Crippen molar-refractivity contribution < 1.29 is 13.2 Å². The average Bonchev–Trinajstić information content (AvgIpc) is 3.08. The summed E-state index contributed by atoms with van der Waals surface area (Å²) in [5, 5.41) is 12.2. The Kier molecular flexibility index (Phi) is 5.90. The number of hydrogen-bond donors (Lipinski definition) is 0. The van der Waals surface area contributed by atoms with E-state index in [-0.39, 0.29) is 34.7 Å². The second kappa shape index (κ2) is 7.38. The SMILES string of the molecule is CCCN(C(=O)CSc1nnnn1C(C)(C)C)[C@H]1CCS(=O)(=O)C1. The van der Waals surface area contributed by atoms with E-state index in [0.29, 0.717) is 18.1 Å². The van der Waals surface area contributed by atoms with Crippen LogP contribution in [0.25, 0.3) is 0 Å². The van der Waals surface area contributed by atoms with E-state index in [4.69, 9.17) is 0 Å². The van der Waals surface area contributed by atoms with Crippen LogP contribution in [0.2, 0.25) is 0 Å². The molecule has 1 aliphatic rings. The summed E-state index contributed by atoms with van der Waals surface area (Å²) < 4.78 is 25.1. The Balaban J connectivity index is 2.03.